The molecule has 1 aromatic heterocycles. The molecule has 1 N–H and O–H groups in total. The highest BCUT2D eigenvalue weighted by Gasteiger charge is 2.26. The number of nitrogens with zero attached hydrogens (tertiary/aromatic N) is 1. The molecule has 0 aliphatic carbocycles. The zero-order valence-corrected chi connectivity index (χ0v) is 13.1. The van der Waals surface area contributed by atoms with Crippen LogP contribution in [0.25, 0.3) is 10.8 Å². The molecule has 0 aliphatic heterocycles. The lowest BCUT2D eigenvalue weighted by Gasteiger charge is -2.27. The quantitative estimate of drug-likeness (QED) is 0.771. The standard InChI is InChI=1S/C19H23NO/c1-5-19(4,11-6-7-14(2)3)17-9-8-15-13-20-12-10-16(15)18(17)21/h5,7-10,12-13,21H,1,6,11H2,2-4H3. The van der Waals surface area contributed by atoms with Crippen LogP contribution in [0.5, 0.6) is 5.75 Å². The third-order valence-corrected chi connectivity index (χ3v) is 4.07. The largest absolute Gasteiger partial charge is 0.507 e. The van der Waals surface area contributed by atoms with Gasteiger partial charge in [0, 0.05) is 34.1 Å². The molecule has 1 atom stereocenters. The van der Waals surface area contributed by atoms with Crippen molar-refractivity contribution in [1.82, 2.24) is 4.98 Å². The zero-order chi connectivity index (χ0) is 15.5. The van der Waals surface area contributed by atoms with Crippen molar-refractivity contribution in [3.8, 4) is 5.75 Å². The number of aromatic hydroxyl groups is 1. The number of phenols is 1. The summed E-state index contributed by atoms with van der Waals surface area (Å²) >= 11 is 0. The lowest BCUT2D eigenvalue weighted by Crippen LogP contribution is -2.18. The van der Waals surface area contributed by atoms with E-state index >= 15 is 0 Å². The van der Waals surface area contributed by atoms with E-state index in [1.54, 1.807) is 12.4 Å². The van der Waals surface area contributed by atoms with E-state index in [0.717, 1.165) is 29.2 Å². The van der Waals surface area contributed by atoms with Crippen LogP contribution in [0.1, 0.15) is 39.2 Å². The van der Waals surface area contributed by atoms with Crippen LogP contribution in [0.2, 0.25) is 0 Å². The zero-order valence-electron chi connectivity index (χ0n) is 13.1. The Morgan fingerprint density at radius 1 is 1.33 bits per heavy atom. The Kier molecular flexibility index (Phi) is 4.46. The smallest absolute Gasteiger partial charge is 0.127 e. The molecule has 1 heterocycles. The van der Waals surface area contributed by atoms with Crippen molar-refractivity contribution in [2.24, 2.45) is 0 Å². The number of hydrogen-bond acceptors (Lipinski definition) is 2. The number of rotatable bonds is 5. The van der Waals surface area contributed by atoms with Crippen LogP contribution in [0.4, 0.5) is 0 Å². The molecule has 110 valence electrons. The number of pyridine rings is 1. The lowest BCUT2D eigenvalue weighted by molar-refractivity contribution is 0.447. The highest BCUT2D eigenvalue weighted by molar-refractivity contribution is 5.89. The van der Waals surface area contributed by atoms with Gasteiger partial charge < -0.3 is 5.11 Å². The third kappa shape index (κ3) is 3.15. The molecule has 0 radical (unpaired) electrons. The first-order valence-corrected chi connectivity index (χ1v) is 7.31. The first-order valence-electron chi connectivity index (χ1n) is 7.31. The van der Waals surface area contributed by atoms with Gasteiger partial charge in [0.25, 0.3) is 0 Å². The van der Waals surface area contributed by atoms with E-state index in [9.17, 15) is 5.11 Å². The average molecular weight is 281 g/mol. The van der Waals surface area contributed by atoms with Crippen molar-refractivity contribution in [3.05, 3.63) is 60.5 Å². The topological polar surface area (TPSA) is 33.1 Å². The predicted octanol–water partition coefficient (Wildman–Crippen LogP) is 5.13. The Balaban J connectivity index is 2.44. The molecule has 0 saturated carbocycles. The van der Waals surface area contributed by atoms with Gasteiger partial charge in [-0.2, -0.15) is 0 Å². The molecule has 2 aromatic rings. The van der Waals surface area contributed by atoms with Crippen LogP contribution >= 0.6 is 0 Å². The van der Waals surface area contributed by atoms with Crippen LogP contribution in [0.3, 0.4) is 0 Å². The van der Waals surface area contributed by atoms with E-state index in [1.807, 2.05) is 24.3 Å². The van der Waals surface area contributed by atoms with Gasteiger partial charge in [-0.05, 0) is 32.8 Å². The summed E-state index contributed by atoms with van der Waals surface area (Å²) in [6, 6.07) is 5.86. The Hall–Kier alpha value is -2.09. The number of allylic oxidation sites excluding steroid dienone is 3. The fourth-order valence-electron chi connectivity index (χ4n) is 2.62. The molecule has 1 unspecified atom stereocenters. The average Bonchev–Trinajstić information content (AvgIpc) is 2.47. The van der Waals surface area contributed by atoms with Gasteiger partial charge in [0.15, 0.2) is 0 Å². The monoisotopic (exact) mass is 281 g/mol. The summed E-state index contributed by atoms with van der Waals surface area (Å²) in [6.45, 7) is 10.3. The molecule has 2 nitrogen and oxygen atoms in total. The maximum Gasteiger partial charge on any atom is 0.127 e. The molecular weight excluding hydrogens is 258 g/mol. The Labute approximate surface area is 126 Å². The minimum Gasteiger partial charge on any atom is -0.507 e. The fourth-order valence-corrected chi connectivity index (χ4v) is 2.62. The second kappa shape index (κ2) is 6.13. The molecule has 0 aliphatic rings. The van der Waals surface area contributed by atoms with Crippen molar-refractivity contribution >= 4 is 10.8 Å². The van der Waals surface area contributed by atoms with E-state index in [4.69, 9.17) is 0 Å². The predicted molar refractivity (Wildman–Crippen MR) is 89.6 cm³/mol. The van der Waals surface area contributed by atoms with Gasteiger partial charge in [0.1, 0.15) is 5.75 Å². The van der Waals surface area contributed by atoms with E-state index in [2.05, 4.69) is 38.4 Å². The Morgan fingerprint density at radius 2 is 2.10 bits per heavy atom. The van der Waals surface area contributed by atoms with Crippen molar-refractivity contribution in [2.75, 3.05) is 0 Å². The second-order valence-corrected chi connectivity index (χ2v) is 6.00. The van der Waals surface area contributed by atoms with Gasteiger partial charge in [-0.15, -0.1) is 6.58 Å². The molecule has 2 rings (SSSR count). The molecule has 21 heavy (non-hydrogen) atoms. The van der Waals surface area contributed by atoms with Crippen LogP contribution in [-0.4, -0.2) is 10.1 Å². The molecular formula is C19H23NO. The van der Waals surface area contributed by atoms with Crippen molar-refractivity contribution < 1.29 is 5.11 Å². The van der Waals surface area contributed by atoms with Gasteiger partial charge in [-0.1, -0.05) is 36.8 Å². The summed E-state index contributed by atoms with van der Waals surface area (Å²) in [7, 11) is 0. The lowest BCUT2D eigenvalue weighted by atomic mass is 9.77. The van der Waals surface area contributed by atoms with E-state index in [0.29, 0.717) is 5.75 Å². The molecule has 1 aromatic carbocycles. The SMILES string of the molecule is C=CC(C)(CCC=C(C)C)c1ccc2cnccc2c1O. The van der Waals surface area contributed by atoms with Crippen LogP contribution < -0.4 is 0 Å². The summed E-state index contributed by atoms with van der Waals surface area (Å²) in [5.41, 5.74) is 2.00. The molecule has 0 spiro atoms. The number of phenolic OH excluding ortho intramolecular Hbond substituents is 1. The normalized spacial score (nSPS) is 13.7. The van der Waals surface area contributed by atoms with Gasteiger partial charge in [-0.25, -0.2) is 0 Å². The molecule has 0 fully saturated rings. The summed E-state index contributed by atoms with van der Waals surface area (Å²) < 4.78 is 0. The number of fused-ring (bicyclic) bond motifs is 1. The number of hydrogen-bond donors (Lipinski definition) is 1. The highest BCUT2D eigenvalue weighted by atomic mass is 16.3. The molecule has 0 bridgehead atoms. The van der Waals surface area contributed by atoms with E-state index < -0.39 is 0 Å². The summed E-state index contributed by atoms with van der Waals surface area (Å²) in [5, 5.41) is 12.4. The minimum atomic E-state index is -0.243. The van der Waals surface area contributed by atoms with Crippen LogP contribution in [0.15, 0.2) is 54.9 Å². The maximum atomic E-state index is 10.6. The molecule has 0 saturated heterocycles. The second-order valence-electron chi connectivity index (χ2n) is 6.00. The van der Waals surface area contributed by atoms with Crippen molar-refractivity contribution in [2.45, 2.75) is 39.0 Å². The first kappa shape index (κ1) is 15.3. The van der Waals surface area contributed by atoms with Crippen LogP contribution in [-0.2, 0) is 5.41 Å². The molecule has 0 amide bonds. The first-order chi connectivity index (χ1) is 9.98. The van der Waals surface area contributed by atoms with Gasteiger partial charge in [0.2, 0.25) is 0 Å². The Morgan fingerprint density at radius 3 is 2.76 bits per heavy atom. The van der Waals surface area contributed by atoms with Gasteiger partial charge in [-0.3, -0.25) is 4.98 Å². The fraction of sp³-hybridized carbons (Fsp3) is 0.316. The van der Waals surface area contributed by atoms with Gasteiger partial charge >= 0.3 is 0 Å². The van der Waals surface area contributed by atoms with Crippen molar-refractivity contribution in [1.29, 1.82) is 0 Å². The molecule has 2 heteroatoms. The van der Waals surface area contributed by atoms with Crippen LogP contribution in [0, 0.1) is 0 Å². The summed E-state index contributed by atoms with van der Waals surface area (Å²) in [4.78, 5) is 4.10. The highest BCUT2D eigenvalue weighted by Crippen LogP contribution is 2.39. The summed E-state index contributed by atoms with van der Waals surface area (Å²) in [5.74, 6) is 0.342. The van der Waals surface area contributed by atoms with Gasteiger partial charge in [0.05, 0.1) is 0 Å². The number of benzene rings is 1. The van der Waals surface area contributed by atoms with Crippen molar-refractivity contribution in [3.63, 3.8) is 0 Å². The van der Waals surface area contributed by atoms with E-state index in [1.165, 1.54) is 5.57 Å². The third-order valence-electron chi connectivity index (χ3n) is 4.07. The Bertz CT molecular complexity index is 683. The van der Waals surface area contributed by atoms with E-state index in [-0.39, 0.29) is 5.41 Å². The summed E-state index contributed by atoms with van der Waals surface area (Å²) in [6.07, 6.45) is 9.54. The maximum absolute atomic E-state index is 10.6. The minimum absolute atomic E-state index is 0.243. The number of aromatic nitrogens is 1.